The zero-order valence-corrected chi connectivity index (χ0v) is 17.7. The second-order valence-corrected chi connectivity index (χ2v) is 7.41. The number of nitrogens with zero attached hydrogens (tertiary/aromatic N) is 2. The molecule has 0 atom stereocenters. The molecule has 0 saturated carbocycles. The average molecular weight is 394 g/mol. The third-order valence-corrected chi connectivity index (χ3v) is 5.61. The van der Waals surface area contributed by atoms with Gasteiger partial charge in [0.25, 0.3) is 11.8 Å². The van der Waals surface area contributed by atoms with Crippen molar-refractivity contribution in [3.8, 4) is 0 Å². The topological polar surface area (TPSA) is 52.7 Å². The van der Waals surface area contributed by atoms with Crippen LogP contribution in [0.25, 0.3) is 0 Å². The van der Waals surface area contributed by atoms with Gasteiger partial charge in [0.05, 0.1) is 5.56 Å². The summed E-state index contributed by atoms with van der Waals surface area (Å²) in [5, 5.41) is 2.96. The predicted octanol–water partition coefficient (Wildman–Crippen LogP) is 4.58. The van der Waals surface area contributed by atoms with Crippen molar-refractivity contribution < 1.29 is 9.59 Å². The smallest absolute Gasteiger partial charge is 0.256 e. The van der Waals surface area contributed by atoms with Crippen molar-refractivity contribution in [3.05, 3.63) is 59.2 Å². The van der Waals surface area contributed by atoms with Gasteiger partial charge in [0.1, 0.15) is 0 Å². The summed E-state index contributed by atoms with van der Waals surface area (Å²) in [5.74, 6) is -0.150. The highest BCUT2D eigenvalue weighted by Crippen LogP contribution is 2.29. The first kappa shape index (κ1) is 20.9. The van der Waals surface area contributed by atoms with E-state index in [0.717, 1.165) is 38.0 Å². The summed E-state index contributed by atoms with van der Waals surface area (Å²) in [6.45, 7) is 9.32. The fraction of sp³-hybridized carbons (Fsp3) is 0.417. The SMILES string of the molecule is CCc1ccc(C(=O)Nc2ccc(N3CCCC3)c(C(=O)N(CC)CC)c2)cc1. The first-order chi connectivity index (χ1) is 14.1. The van der Waals surface area contributed by atoms with Crippen LogP contribution in [0.4, 0.5) is 11.4 Å². The number of carbonyl (C=O) groups excluding carboxylic acids is 2. The summed E-state index contributed by atoms with van der Waals surface area (Å²) >= 11 is 0. The Morgan fingerprint density at radius 1 is 0.966 bits per heavy atom. The summed E-state index contributed by atoms with van der Waals surface area (Å²) in [5.41, 5.74) is 4.08. The minimum Gasteiger partial charge on any atom is -0.371 e. The molecule has 154 valence electrons. The van der Waals surface area contributed by atoms with Gasteiger partial charge in [0, 0.05) is 43.1 Å². The number of nitrogens with one attached hydrogen (secondary N) is 1. The van der Waals surface area contributed by atoms with Crippen LogP contribution < -0.4 is 10.2 Å². The van der Waals surface area contributed by atoms with E-state index in [-0.39, 0.29) is 11.8 Å². The molecule has 5 heteroatoms. The highest BCUT2D eigenvalue weighted by atomic mass is 16.2. The summed E-state index contributed by atoms with van der Waals surface area (Å²) in [4.78, 5) is 29.9. The van der Waals surface area contributed by atoms with Crippen LogP contribution in [0.3, 0.4) is 0 Å². The first-order valence-electron chi connectivity index (χ1n) is 10.7. The lowest BCUT2D eigenvalue weighted by Gasteiger charge is -2.25. The molecule has 1 aliphatic rings. The van der Waals surface area contributed by atoms with E-state index < -0.39 is 0 Å². The Morgan fingerprint density at radius 2 is 1.62 bits per heavy atom. The fourth-order valence-electron chi connectivity index (χ4n) is 3.80. The van der Waals surface area contributed by atoms with E-state index >= 15 is 0 Å². The van der Waals surface area contributed by atoms with E-state index in [4.69, 9.17) is 0 Å². The van der Waals surface area contributed by atoms with Crippen molar-refractivity contribution in [2.45, 2.75) is 40.0 Å². The van der Waals surface area contributed by atoms with Crippen molar-refractivity contribution in [2.75, 3.05) is 36.4 Å². The number of anilines is 2. The van der Waals surface area contributed by atoms with Gasteiger partial charge in [0.2, 0.25) is 0 Å². The van der Waals surface area contributed by atoms with Crippen LogP contribution in [0.1, 0.15) is 59.9 Å². The van der Waals surface area contributed by atoms with E-state index in [2.05, 4.69) is 17.1 Å². The van der Waals surface area contributed by atoms with Crippen molar-refractivity contribution >= 4 is 23.2 Å². The Hall–Kier alpha value is -2.82. The maximum Gasteiger partial charge on any atom is 0.256 e. The second-order valence-electron chi connectivity index (χ2n) is 7.41. The predicted molar refractivity (Wildman–Crippen MR) is 119 cm³/mol. The number of carbonyl (C=O) groups is 2. The van der Waals surface area contributed by atoms with Gasteiger partial charge in [-0.15, -0.1) is 0 Å². The normalized spacial score (nSPS) is 13.4. The molecule has 1 heterocycles. The van der Waals surface area contributed by atoms with E-state index in [9.17, 15) is 9.59 Å². The third kappa shape index (κ3) is 4.78. The Balaban J connectivity index is 1.88. The third-order valence-electron chi connectivity index (χ3n) is 5.61. The summed E-state index contributed by atoms with van der Waals surface area (Å²) in [6, 6.07) is 13.3. The van der Waals surface area contributed by atoms with Crippen LogP contribution >= 0.6 is 0 Å². The van der Waals surface area contributed by atoms with Gasteiger partial charge < -0.3 is 15.1 Å². The zero-order valence-electron chi connectivity index (χ0n) is 17.7. The van der Waals surface area contributed by atoms with Crippen molar-refractivity contribution in [3.63, 3.8) is 0 Å². The Morgan fingerprint density at radius 3 is 2.21 bits per heavy atom. The van der Waals surface area contributed by atoms with Crippen LogP contribution in [0.2, 0.25) is 0 Å². The highest BCUT2D eigenvalue weighted by molar-refractivity contribution is 6.06. The lowest BCUT2D eigenvalue weighted by molar-refractivity contribution is 0.0773. The maximum atomic E-state index is 13.1. The van der Waals surface area contributed by atoms with Crippen LogP contribution in [-0.4, -0.2) is 42.9 Å². The molecule has 0 spiro atoms. The maximum absolute atomic E-state index is 13.1. The lowest BCUT2D eigenvalue weighted by atomic mass is 10.1. The van der Waals surface area contributed by atoms with Gasteiger partial charge in [-0.25, -0.2) is 0 Å². The number of rotatable bonds is 7. The van der Waals surface area contributed by atoms with Crippen LogP contribution in [0.15, 0.2) is 42.5 Å². The summed E-state index contributed by atoms with van der Waals surface area (Å²) < 4.78 is 0. The van der Waals surface area contributed by atoms with Gasteiger partial charge in [-0.3, -0.25) is 9.59 Å². The first-order valence-corrected chi connectivity index (χ1v) is 10.7. The Labute approximate surface area is 173 Å². The standard InChI is InChI=1S/C24H31N3O2/c1-4-18-9-11-19(12-10-18)23(28)25-20-13-14-22(27-15-7-8-16-27)21(17-20)24(29)26(5-2)6-3/h9-14,17H,4-8,15-16H2,1-3H3,(H,25,28). The molecule has 2 amide bonds. The number of amides is 2. The van der Waals surface area contributed by atoms with Gasteiger partial charge in [0.15, 0.2) is 0 Å². The molecule has 0 unspecified atom stereocenters. The number of aryl methyl sites for hydroxylation is 1. The summed E-state index contributed by atoms with van der Waals surface area (Å²) in [6.07, 6.45) is 3.23. The molecule has 3 rings (SSSR count). The minimum atomic E-state index is -0.164. The zero-order chi connectivity index (χ0) is 20.8. The van der Waals surface area contributed by atoms with E-state index in [1.54, 1.807) is 0 Å². The van der Waals surface area contributed by atoms with E-state index in [1.807, 2.05) is 61.2 Å². The molecule has 5 nitrogen and oxygen atoms in total. The Kier molecular flexibility index (Phi) is 6.91. The number of benzene rings is 2. The molecular formula is C24H31N3O2. The molecule has 0 aliphatic carbocycles. The largest absolute Gasteiger partial charge is 0.371 e. The lowest BCUT2D eigenvalue weighted by Crippen LogP contribution is -2.32. The molecule has 0 radical (unpaired) electrons. The van der Waals surface area contributed by atoms with E-state index in [1.165, 1.54) is 5.56 Å². The minimum absolute atomic E-state index is 0.0142. The molecule has 1 saturated heterocycles. The number of hydrogen-bond donors (Lipinski definition) is 1. The number of hydrogen-bond acceptors (Lipinski definition) is 3. The molecule has 0 aromatic heterocycles. The molecule has 1 aliphatic heterocycles. The molecular weight excluding hydrogens is 362 g/mol. The van der Waals surface area contributed by atoms with E-state index in [0.29, 0.717) is 29.9 Å². The van der Waals surface area contributed by atoms with Gasteiger partial charge in [-0.05, 0) is 69.0 Å². The molecule has 29 heavy (non-hydrogen) atoms. The van der Waals surface area contributed by atoms with Crippen LogP contribution in [0.5, 0.6) is 0 Å². The van der Waals surface area contributed by atoms with Gasteiger partial charge in [-0.2, -0.15) is 0 Å². The second kappa shape index (κ2) is 9.59. The summed E-state index contributed by atoms with van der Waals surface area (Å²) in [7, 11) is 0. The fourth-order valence-corrected chi connectivity index (χ4v) is 3.80. The molecule has 2 aromatic carbocycles. The monoisotopic (exact) mass is 393 g/mol. The average Bonchev–Trinajstić information content (AvgIpc) is 3.29. The molecule has 1 fully saturated rings. The van der Waals surface area contributed by atoms with Gasteiger partial charge in [-0.1, -0.05) is 19.1 Å². The van der Waals surface area contributed by atoms with Crippen molar-refractivity contribution in [1.29, 1.82) is 0 Å². The molecule has 1 N–H and O–H groups in total. The van der Waals surface area contributed by atoms with Crippen LogP contribution in [0, 0.1) is 0 Å². The molecule has 2 aromatic rings. The quantitative estimate of drug-likeness (QED) is 0.749. The van der Waals surface area contributed by atoms with Crippen LogP contribution in [-0.2, 0) is 6.42 Å². The molecule has 0 bridgehead atoms. The van der Waals surface area contributed by atoms with Crippen molar-refractivity contribution in [2.24, 2.45) is 0 Å². The van der Waals surface area contributed by atoms with Gasteiger partial charge >= 0.3 is 0 Å². The van der Waals surface area contributed by atoms with Crippen molar-refractivity contribution in [1.82, 2.24) is 4.90 Å². The highest BCUT2D eigenvalue weighted by Gasteiger charge is 2.23. The Bertz CT molecular complexity index is 851.